The molecule has 2 aliphatic rings. The van der Waals surface area contributed by atoms with Crippen molar-refractivity contribution in [2.75, 3.05) is 0 Å². The predicted octanol–water partition coefficient (Wildman–Crippen LogP) is 5.50. The Hall–Kier alpha value is -3.20. The zero-order valence-electron chi connectivity index (χ0n) is 19.4. The van der Waals surface area contributed by atoms with Gasteiger partial charge in [0, 0.05) is 6.42 Å². The predicted molar refractivity (Wildman–Crippen MR) is 126 cm³/mol. The highest BCUT2D eigenvalue weighted by atomic mass is 16.5. The number of hydrogen-bond acceptors (Lipinski definition) is 5. The molecule has 0 saturated heterocycles. The van der Waals surface area contributed by atoms with Gasteiger partial charge in [0.25, 0.3) is 6.47 Å². The smallest absolute Gasteiger partial charge is 0.293 e. The van der Waals surface area contributed by atoms with Gasteiger partial charge in [-0.2, -0.15) is 5.26 Å². The van der Waals surface area contributed by atoms with Gasteiger partial charge < -0.3 is 9.72 Å². The summed E-state index contributed by atoms with van der Waals surface area (Å²) in [7, 11) is 0. The number of nitrogens with zero attached hydrogens (tertiary/aromatic N) is 2. The molecule has 2 aliphatic carbocycles. The highest BCUT2D eigenvalue weighted by Gasteiger charge is 2.27. The number of Topliss-reactive ketones (excluding diaryl/α,β-unsaturated/α-hetero) is 1. The number of aromatic nitrogens is 2. The Bertz CT molecular complexity index is 1100. The lowest BCUT2D eigenvalue weighted by molar-refractivity contribution is -0.135. The van der Waals surface area contributed by atoms with Crippen molar-refractivity contribution in [3.05, 3.63) is 58.7 Å². The maximum Gasteiger partial charge on any atom is 0.293 e. The van der Waals surface area contributed by atoms with Gasteiger partial charge in [0.15, 0.2) is 5.82 Å². The standard InChI is InChI=1S/C27H31N3O3/c1-27(2)11-9-19(10-12-27)24-13-20(18-5-7-23(8-6-18)33-17-31)3-4-21(24)14-25(32)26-29-16-22(15-28)30-26/h3-4,9,13,16-18,23H,5-8,10-12,14H2,1-2H3,(H,29,30). The molecule has 1 aromatic heterocycles. The third-order valence-electron chi connectivity index (χ3n) is 7.16. The first-order valence-corrected chi connectivity index (χ1v) is 11.8. The van der Waals surface area contributed by atoms with Crippen LogP contribution < -0.4 is 0 Å². The first kappa shape index (κ1) is 23.0. The molecular formula is C27H31N3O3. The molecule has 0 radical (unpaired) electrons. The van der Waals surface area contributed by atoms with E-state index >= 15 is 0 Å². The van der Waals surface area contributed by atoms with Crippen molar-refractivity contribution in [2.24, 2.45) is 5.41 Å². The van der Waals surface area contributed by atoms with Crippen LogP contribution in [0.1, 0.15) is 97.7 Å². The maximum absolute atomic E-state index is 12.9. The van der Waals surface area contributed by atoms with E-state index in [1.807, 2.05) is 6.07 Å². The summed E-state index contributed by atoms with van der Waals surface area (Å²) in [6, 6.07) is 8.50. The minimum atomic E-state index is -0.117. The summed E-state index contributed by atoms with van der Waals surface area (Å²) in [6.07, 6.45) is 10.9. The van der Waals surface area contributed by atoms with E-state index in [1.165, 1.54) is 17.3 Å². The van der Waals surface area contributed by atoms with E-state index in [1.54, 1.807) is 0 Å². The maximum atomic E-state index is 12.9. The van der Waals surface area contributed by atoms with Crippen LogP contribution in [0.3, 0.4) is 0 Å². The Labute approximate surface area is 195 Å². The van der Waals surface area contributed by atoms with Crippen molar-refractivity contribution < 1.29 is 14.3 Å². The third kappa shape index (κ3) is 5.42. The molecule has 2 aromatic rings. The summed E-state index contributed by atoms with van der Waals surface area (Å²) in [6.45, 7) is 5.15. The molecular weight excluding hydrogens is 414 g/mol. The molecule has 0 amide bonds. The number of ketones is 1. The number of benzene rings is 1. The van der Waals surface area contributed by atoms with Gasteiger partial charge in [-0.25, -0.2) is 4.98 Å². The monoisotopic (exact) mass is 445 g/mol. The summed E-state index contributed by atoms with van der Waals surface area (Å²) >= 11 is 0. The molecule has 1 aromatic carbocycles. The molecule has 1 heterocycles. The van der Waals surface area contributed by atoms with Crippen LogP contribution in [0, 0.1) is 16.7 Å². The number of carbonyl (C=O) groups excluding carboxylic acids is 2. The number of aromatic amines is 1. The summed E-state index contributed by atoms with van der Waals surface area (Å²) in [5, 5.41) is 9.01. The number of nitrogens with one attached hydrogen (secondary N) is 1. The van der Waals surface area contributed by atoms with Gasteiger partial charge in [-0.3, -0.25) is 9.59 Å². The number of nitriles is 1. The topological polar surface area (TPSA) is 95.8 Å². The molecule has 172 valence electrons. The van der Waals surface area contributed by atoms with Gasteiger partial charge in [0.1, 0.15) is 17.9 Å². The molecule has 0 atom stereocenters. The van der Waals surface area contributed by atoms with Crippen LogP contribution in [0.15, 0.2) is 30.5 Å². The second kappa shape index (κ2) is 9.74. The van der Waals surface area contributed by atoms with Crippen molar-refractivity contribution >= 4 is 17.8 Å². The van der Waals surface area contributed by atoms with Gasteiger partial charge >= 0.3 is 0 Å². The van der Waals surface area contributed by atoms with Crippen molar-refractivity contribution in [2.45, 2.75) is 77.2 Å². The Kier molecular flexibility index (Phi) is 6.78. The van der Waals surface area contributed by atoms with E-state index in [0.717, 1.165) is 56.1 Å². The first-order chi connectivity index (χ1) is 15.9. The second-order valence-electron chi connectivity index (χ2n) is 10.1. The van der Waals surface area contributed by atoms with E-state index < -0.39 is 0 Å². The third-order valence-corrected chi connectivity index (χ3v) is 7.16. The molecule has 0 aliphatic heterocycles. The van der Waals surface area contributed by atoms with Gasteiger partial charge in [0.05, 0.1) is 6.20 Å². The van der Waals surface area contributed by atoms with Crippen molar-refractivity contribution in [1.29, 1.82) is 5.26 Å². The molecule has 6 heteroatoms. The quantitative estimate of drug-likeness (QED) is 0.448. The highest BCUT2D eigenvalue weighted by molar-refractivity contribution is 5.95. The number of hydrogen-bond donors (Lipinski definition) is 1. The SMILES string of the molecule is CC1(C)CC=C(c2cc(C3CCC(OC=O)CC3)ccc2CC(=O)c2ncc(C#N)[nH]2)CC1. The largest absolute Gasteiger partial charge is 0.465 e. The van der Waals surface area contributed by atoms with E-state index in [4.69, 9.17) is 10.00 Å². The molecule has 0 bridgehead atoms. The van der Waals surface area contributed by atoms with Crippen LogP contribution in [-0.2, 0) is 16.0 Å². The molecule has 1 N–H and O–H groups in total. The van der Waals surface area contributed by atoms with Gasteiger partial charge in [-0.05, 0) is 78.5 Å². The van der Waals surface area contributed by atoms with E-state index in [0.29, 0.717) is 23.5 Å². The molecule has 0 unspecified atom stereocenters. The molecule has 0 spiro atoms. The Balaban J connectivity index is 1.60. The normalized spacial score (nSPS) is 22.2. The van der Waals surface area contributed by atoms with E-state index in [9.17, 15) is 9.59 Å². The fourth-order valence-electron chi connectivity index (χ4n) is 5.01. The van der Waals surface area contributed by atoms with Crippen molar-refractivity contribution in [3.8, 4) is 6.07 Å². The van der Waals surface area contributed by atoms with Crippen LogP contribution in [0.2, 0.25) is 0 Å². The van der Waals surface area contributed by atoms with Gasteiger partial charge in [-0.1, -0.05) is 38.1 Å². The first-order valence-electron chi connectivity index (χ1n) is 11.8. The van der Waals surface area contributed by atoms with E-state index in [-0.39, 0.29) is 24.1 Å². The number of rotatable bonds is 7. The Morgan fingerprint density at radius 1 is 1.30 bits per heavy atom. The summed E-state index contributed by atoms with van der Waals surface area (Å²) in [5.74, 6) is 0.548. The van der Waals surface area contributed by atoms with Crippen LogP contribution >= 0.6 is 0 Å². The fraction of sp³-hybridized carbons (Fsp3) is 0.481. The van der Waals surface area contributed by atoms with Crippen LogP contribution in [0.4, 0.5) is 0 Å². The number of H-pyrrole nitrogens is 1. The molecule has 4 rings (SSSR count). The highest BCUT2D eigenvalue weighted by Crippen LogP contribution is 2.41. The summed E-state index contributed by atoms with van der Waals surface area (Å²) < 4.78 is 5.16. The Morgan fingerprint density at radius 2 is 2.09 bits per heavy atom. The van der Waals surface area contributed by atoms with Crippen molar-refractivity contribution in [1.82, 2.24) is 9.97 Å². The van der Waals surface area contributed by atoms with E-state index in [2.05, 4.69) is 48.1 Å². The van der Waals surface area contributed by atoms with Crippen LogP contribution in [-0.4, -0.2) is 28.3 Å². The molecule has 6 nitrogen and oxygen atoms in total. The van der Waals surface area contributed by atoms with Crippen LogP contribution in [0.25, 0.3) is 5.57 Å². The summed E-state index contributed by atoms with van der Waals surface area (Å²) in [5.41, 5.74) is 5.36. The minimum absolute atomic E-state index is 0.0324. The number of ether oxygens (including phenoxy) is 1. The van der Waals surface area contributed by atoms with Crippen molar-refractivity contribution in [3.63, 3.8) is 0 Å². The fourth-order valence-corrected chi connectivity index (χ4v) is 5.01. The zero-order valence-corrected chi connectivity index (χ0v) is 19.4. The zero-order chi connectivity index (χ0) is 23.4. The van der Waals surface area contributed by atoms with Gasteiger partial charge in [-0.15, -0.1) is 0 Å². The molecule has 1 fully saturated rings. The minimum Gasteiger partial charge on any atom is -0.465 e. The number of allylic oxidation sites excluding steroid dienone is 2. The Morgan fingerprint density at radius 3 is 2.73 bits per heavy atom. The average Bonchev–Trinajstić information content (AvgIpc) is 3.30. The number of carbonyl (C=O) groups is 2. The average molecular weight is 446 g/mol. The van der Waals surface area contributed by atoms with Crippen LogP contribution in [0.5, 0.6) is 0 Å². The number of imidazole rings is 1. The summed E-state index contributed by atoms with van der Waals surface area (Å²) in [4.78, 5) is 30.4. The second-order valence-corrected chi connectivity index (χ2v) is 10.1. The molecule has 1 saturated carbocycles. The lowest BCUT2D eigenvalue weighted by Gasteiger charge is -2.31. The van der Waals surface area contributed by atoms with Gasteiger partial charge in [0.2, 0.25) is 5.78 Å². The lowest BCUT2D eigenvalue weighted by Crippen LogP contribution is -2.20. The lowest BCUT2D eigenvalue weighted by atomic mass is 9.75. The molecule has 33 heavy (non-hydrogen) atoms.